The molecule has 0 spiro atoms. The molecule has 1 aromatic carbocycles. The van der Waals surface area contributed by atoms with E-state index in [0.29, 0.717) is 0 Å². The summed E-state index contributed by atoms with van der Waals surface area (Å²) in [5.74, 6) is 0. The zero-order chi connectivity index (χ0) is 13.3. The van der Waals surface area contributed by atoms with Crippen LogP contribution in [-0.2, 0) is 17.4 Å². The van der Waals surface area contributed by atoms with Gasteiger partial charge in [0, 0.05) is 6.04 Å². The third-order valence-corrected chi connectivity index (χ3v) is 4.78. The molecule has 2 rings (SSSR count). The van der Waals surface area contributed by atoms with Gasteiger partial charge in [-0.05, 0) is 44.7 Å². The highest BCUT2D eigenvalue weighted by atomic mass is 32.2. The standard InChI is InChI=1S/C14H18N2OS/c1-14(2,3)18(17)16-13-9-8-11-10(13)6-5-7-12(11)15-4/h5-7,13,16H,8-9H2,1-3H3/t13-,18-/m0/s1. The molecular weight excluding hydrogens is 244 g/mol. The molecule has 1 aliphatic carbocycles. The van der Waals surface area contributed by atoms with Crippen LogP contribution in [0.4, 0.5) is 5.69 Å². The Labute approximate surface area is 111 Å². The molecule has 0 fully saturated rings. The van der Waals surface area contributed by atoms with E-state index in [1.807, 2.05) is 39.0 Å². The molecule has 0 bridgehead atoms. The SMILES string of the molecule is [C-]#[N+]c1cccc2c1CC[C@@H]2N[S@@](=O)C(C)(C)C. The van der Waals surface area contributed by atoms with Crippen LogP contribution < -0.4 is 4.72 Å². The fourth-order valence-corrected chi connectivity index (χ4v) is 3.02. The number of fused-ring (bicyclic) bond motifs is 1. The topological polar surface area (TPSA) is 33.5 Å². The van der Waals surface area contributed by atoms with Crippen molar-refractivity contribution in [1.82, 2.24) is 4.72 Å². The van der Waals surface area contributed by atoms with Crippen LogP contribution in [-0.4, -0.2) is 8.96 Å². The molecule has 4 heteroatoms. The molecule has 96 valence electrons. The van der Waals surface area contributed by atoms with Gasteiger partial charge in [-0.25, -0.2) is 13.8 Å². The molecule has 0 saturated carbocycles. The van der Waals surface area contributed by atoms with Crippen LogP contribution in [0, 0.1) is 6.57 Å². The second-order valence-corrected chi connectivity index (χ2v) is 7.54. The Kier molecular flexibility index (Phi) is 3.56. The second kappa shape index (κ2) is 4.83. The predicted molar refractivity (Wildman–Crippen MR) is 74.8 cm³/mol. The van der Waals surface area contributed by atoms with E-state index in [0.717, 1.165) is 29.7 Å². The van der Waals surface area contributed by atoms with Crippen molar-refractivity contribution in [3.05, 3.63) is 40.7 Å². The maximum atomic E-state index is 12.1. The lowest BCUT2D eigenvalue weighted by Gasteiger charge is -2.22. The monoisotopic (exact) mass is 262 g/mol. The molecule has 0 amide bonds. The Hall–Kier alpha value is -1.18. The Bertz CT molecular complexity index is 526. The summed E-state index contributed by atoms with van der Waals surface area (Å²) in [5.41, 5.74) is 3.00. The van der Waals surface area contributed by atoms with Crippen LogP contribution in [0.2, 0.25) is 0 Å². The highest BCUT2D eigenvalue weighted by Crippen LogP contribution is 2.37. The summed E-state index contributed by atoms with van der Waals surface area (Å²) in [6.07, 6.45) is 1.82. The molecule has 0 aromatic heterocycles. The van der Waals surface area contributed by atoms with E-state index in [-0.39, 0.29) is 10.8 Å². The number of benzene rings is 1. The van der Waals surface area contributed by atoms with Crippen molar-refractivity contribution in [1.29, 1.82) is 0 Å². The van der Waals surface area contributed by atoms with Crippen LogP contribution in [0.1, 0.15) is 44.4 Å². The van der Waals surface area contributed by atoms with E-state index in [4.69, 9.17) is 6.57 Å². The number of rotatable bonds is 2. The minimum atomic E-state index is -1.07. The van der Waals surface area contributed by atoms with Gasteiger partial charge in [-0.3, -0.25) is 0 Å². The van der Waals surface area contributed by atoms with Gasteiger partial charge >= 0.3 is 0 Å². The first-order chi connectivity index (χ1) is 8.43. The Balaban J connectivity index is 2.23. The van der Waals surface area contributed by atoms with Crippen LogP contribution in [0.25, 0.3) is 4.85 Å². The predicted octanol–water partition coefficient (Wildman–Crippen LogP) is 3.28. The molecule has 1 N–H and O–H groups in total. The van der Waals surface area contributed by atoms with E-state index in [9.17, 15) is 4.21 Å². The lowest BCUT2D eigenvalue weighted by Crippen LogP contribution is -2.35. The third-order valence-electron chi connectivity index (χ3n) is 3.17. The van der Waals surface area contributed by atoms with Gasteiger partial charge in [-0.1, -0.05) is 18.2 Å². The third kappa shape index (κ3) is 2.47. The summed E-state index contributed by atoms with van der Waals surface area (Å²) in [6.45, 7) is 13.0. The van der Waals surface area contributed by atoms with Gasteiger partial charge in [-0.2, -0.15) is 0 Å². The van der Waals surface area contributed by atoms with Crippen LogP contribution in [0.15, 0.2) is 18.2 Å². The van der Waals surface area contributed by atoms with E-state index in [1.54, 1.807) is 0 Å². The van der Waals surface area contributed by atoms with Gasteiger partial charge in [0.05, 0.1) is 22.3 Å². The van der Waals surface area contributed by atoms with Crippen LogP contribution in [0.5, 0.6) is 0 Å². The van der Waals surface area contributed by atoms with Crippen molar-refractivity contribution in [2.45, 2.75) is 44.4 Å². The van der Waals surface area contributed by atoms with Crippen molar-refractivity contribution in [2.24, 2.45) is 0 Å². The number of nitrogens with one attached hydrogen (secondary N) is 1. The van der Waals surface area contributed by atoms with Crippen molar-refractivity contribution >= 4 is 16.7 Å². The fourth-order valence-electron chi connectivity index (χ4n) is 2.17. The van der Waals surface area contributed by atoms with Gasteiger partial charge in [0.2, 0.25) is 0 Å². The maximum Gasteiger partial charge on any atom is 0.190 e. The minimum Gasteiger partial charge on any atom is -0.242 e. The summed E-state index contributed by atoms with van der Waals surface area (Å²) >= 11 is 0. The summed E-state index contributed by atoms with van der Waals surface area (Å²) < 4.78 is 15.1. The summed E-state index contributed by atoms with van der Waals surface area (Å²) in [5, 5.41) is 0. The van der Waals surface area contributed by atoms with Gasteiger partial charge < -0.3 is 0 Å². The van der Waals surface area contributed by atoms with Gasteiger partial charge in [0.15, 0.2) is 5.69 Å². The average Bonchev–Trinajstić information content (AvgIpc) is 2.71. The zero-order valence-electron chi connectivity index (χ0n) is 11.0. The lowest BCUT2D eigenvalue weighted by molar-refractivity contribution is 0.596. The van der Waals surface area contributed by atoms with Crippen molar-refractivity contribution in [3.63, 3.8) is 0 Å². The van der Waals surface area contributed by atoms with Crippen molar-refractivity contribution in [2.75, 3.05) is 0 Å². The molecule has 0 heterocycles. The molecule has 1 aliphatic rings. The molecule has 1 aromatic rings. The first-order valence-corrected chi connectivity index (χ1v) is 7.26. The number of nitrogens with zero attached hydrogens (tertiary/aromatic N) is 1. The minimum absolute atomic E-state index is 0.113. The molecule has 3 nitrogen and oxygen atoms in total. The summed E-state index contributed by atoms with van der Waals surface area (Å²) in [7, 11) is -1.07. The summed E-state index contributed by atoms with van der Waals surface area (Å²) in [4.78, 5) is 3.55. The zero-order valence-corrected chi connectivity index (χ0v) is 11.8. The highest BCUT2D eigenvalue weighted by molar-refractivity contribution is 7.84. The summed E-state index contributed by atoms with van der Waals surface area (Å²) in [6, 6.07) is 5.91. The van der Waals surface area contributed by atoms with E-state index >= 15 is 0 Å². The number of hydrogen-bond donors (Lipinski definition) is 1. The molecule has 0 aliphatic heterocycles. The molecular formula is C14H18N2OS. The van der Waals surface area contributed by atoms with Gasteiger partial charge in [-0.15, -0.1) is 0 Å². The average molecular weight is 262 g/mol. The van der Waals surface area contributed by atoms with Gasteiger partial charge in [0.25, 0.3) is 0 Å². The van der Waals surface area contributed by atoms with E-state index in [2.05, 4.69) is 9.57 Å². The van der Waals surface area contributed by atoms with Gasteiger partial charge in [0.1, 0.15) is 0 Å². The normalized spacial score (nSPS) is 20.2. The molecule has 18 heavy (non-hydrogen) atoms. The first kappa shape index (κ1) is 13.3. The Morgan fingerprint density at radius 1 is 1.44 bits per heavy atom. The fraction of sp³-hybridized carbons (Fsp3) is 0.500. The Morgan fingerprint density at radius 3 is 2.78 bits per heavy atom. The Morgan fingerprint density at radius 2 is 2.17 bits per heavy atom. The largest absolute Gasteiger partial charge is 0.242 e. The first-order valence-electron chi connectivity index (χ1n) is 6.11. The molecule has 0 saturated heterocycles. The number of hydrogen-bond acceptors (Lipinski definition) is 1. The smallest absolute Gasteiger partial charge is 0.190 e. The lowest BCUT2D eigenvalue weighted by atomic mass is 10.1. The van der Waals surface area contributed by atoms with Crippen molar-refractivity contribution in [3.8, 4) is 0 Å². The van der Waals surface area contributed by atoms with Crippen molar-refractivity contribution < 1.29 is 4.21 Å². The van der Waals surface area contributed by atoms with Crippen LogP contribution >= 0.6 is 0 Å². The highest BCUT2D eigenvalue weighted by Gasteiger charge is 2.28. The molecule has 0 radical (unpaired) electrons. The maximum absolute atomic E-state index is 12.1. The second-order valence-electron chi connectivity index (χ2n) is 5.55. The molecule has 2 atom stereocenters. The van der Waals surface area contributed by atoms with E-state index < -0.39 is 11.0 Å². The molecule has 0 unspecified atom stereocenters. The quantitative estimate of drug-likeness (QED) is 0.815. The van der Waals surface area contributed by atoms with E-state index in [1.165, 1.54) is 0 Å². The van der Waals surface area contributed by atoms with Crippen LogP contribution in [0.3, 0.4) is 0 Å².